The lowest BCUT2D eigenvalue weighted by atomic mass is 10.1. The van der Waals surface area contributed by atoms with Gasteiger partial charge in [0.15, 0.2) is 11.6 Å². The molecule has 1 unspecified atom stereocenters. The number of hydrogen-bond acceptors (Lipinski definition) is 4. The monoisotopic (exact) mass is 270 g/mol. The molecule has 0 aliphatic rings. The first-order valence-corrected chi connectivity index (χ1v) is 5.90. The highest BCUT2D eigenvalue weighted by Gasteiger charge is 2.17. The average Bonchev–Trinajstić information content (AvgIpc) is 2.27. The van der Waals surface area contributed by atoms with E-state index in [0.29, 0.717) is 5.56 Å². The second-order valence-electron chi connectivity index (χ2n) is 5.20. The molecular weight excluding hydrogens is 251 g/mol. The van der Waals surface area contributed by atoms with Gasteiger partial charge in [0.2, 0.25) is 0 Å². The number of nitrogens with two attached hydrogens (primary N) is 1. The highest BCUT2D eigenvalue weighted by atomic mass is 19.1. The summed E-state index contributed by atoms with van der Waals surface area (Å²) in [5.41, 5.74) is 5.70. The molecule has 4 N–H and O–H groups in total. The Balaban J connectivity index is 2.53. The average molecular weight is 270 g/mol. The van der Waals surface area contributed by atoms with Crippen LogP contribution in [-0.2, 0) is 4.74 Å². The molecule has 0 aliphatic heterocycles. The predicted molar refractivity (Wildman–Crippen MR) is 69.2 cm³/mol. The summed E-state index contributed by atoms with van der Waals surface area (Å²) in [4.78, 5) is 11.4. The molecule has 1 aromatic carbocycles. The minimum atomic E-state index is -0.745. The summed E-state index contributed by atoms with van der Waals surface area (Å²) in [5, 5.41) is 11.6. The number of halogens is 1. The van der Waals surface area contributed by atoms with E-state index in [1.807, 2.05) is 0 Å². The van der Waals surface area contributed by atoms with E-state index in [9.17, 15) is 9.18 Å². The summed E-state index contributed by atoms with van der Waals surface area (Å²) in [6.07, 6.45) is -0.581. The number of benzene rings is 1. The summed E-state index contributed by atoms with van der Waals surface area (Å²) < 4.78 is 18.2. The molecule has 0 heterocycles. The smallest absolute Gasteiger partial charge is 0.407 e. The van der Waals surface area contributed by atoms with Crippen molar-refractivity contribution in [3.63, 3.8) is 0 Å². The second kappa shape index (κ2) is 5.88. The van der Waals surface area contributed by atoms with Crippen LogP contribution in [-0.4, -0.2) is 23.3 Å². The minimum absolute atomic E-state index is 0.110. The summed E-state index contributed by atoms with van der Waals surface area (Å²) in [6, 6.07) is 3.27. The largest absolute Gasteiger partial charge is 0.505 e. The first-order chi connectivity index (χ1) is 8.69. The quantitative estimate of drug-likeness (QED) is 0.784. The minimum Gasteiger partial charge on any atom is -0.505 e. The van der Waals surface area contributed by atoms with Crippen LogP contribution in [0.15, 0.2) is 18.2 Å². The van der Waals surface area contributed by atoms with Gasteiger partial charge in [-0.3, -0.25) is 0 Å². The fourth-order valence-electron chi connectivity index (χ4n) is 1.38. The first kappa shape index (κ1) is 15.2. The van der Waals surface area contributed by atoms with Crippen LogP contribution in [0.25, 0.3) is 0 Å². The van der Waals surface area contributed by atoms with Gasteiger partial charge in [0.25, 0.3) is 0 Å². The Hall–Kier alpha value is -1.82. The number of nitrogens with one attached hydrogen (secondary N) is 1. The van der Waals surface area contributed by atoms with Crippen molar-refractivity contribution < 1.29 is 19.0 Å². The van der Waals surface area contributed by atoms with Crippen LogP contribution < -0.4 is 11.1 Å². The summed E-state index contributed by atoms with van der Waals surface area (Å²) in [5.74, 6) is -1.18. The van der Waals surface area contributed by atoms with Crippen LogP contribution in [0.2, 0.25) is 0 Å². The van der Waals surface area contributed by atoms with Crippen LogP contribution in [0.5, 0.6) is 5.75 Å². The van der Waals surface area contributed by atoms with Crippen molar-refractivity contribution in [1.29, 1.82) is 0 Å². The Morgan fingerprint density at radius 2 is 2.16 bits per heavy atom. The van der Waals surface area contributed by atoms with Gasteiger partial charge in [-0.2, -0.15) is 0 Å². The van der Waals surface area contributed by atoms with Crippen molar-refractivity contribution in [2.45, 2.75) is 32.4 Å². The number of aromatic hydroxyl groups is 1. The van der Waals surface area contributed by atoms with Gasteiger partial charge in [0.1, 0.15) is 5.60 Å². The zero-order valence-electron chi connectivity index (χ0n) is 11.2. The molecule has 1 amide bonds. The number of hydrogen-bond donors (Lipinski definition) is 3. The van der Waals surface area contributed by atoms with Crippen LogP contribution in [0.1, 0.15) is 32.4 Å². The Bertz CT molecular complexity index is 458. The van der Waals surface area contributed by atoms with E-state index >= 15 is 0 Å². The zero-order chi connectivity index (χ0) is 14.6. The molecule has 0 saturated heterocycles. The predicted octanol–water partition coefficient (Wildman–Crippen LogP) is 2.06. The highest BCUT2D eigenvalue weighted by molar-refractivity contribution is 5.67. The molecule has 0 aromatic heterocycles. The molecule has 106 valence electrons. The van der Waals surface area contributed by atoms with Crippen LogP contribution in [0.3, 0.4) is 0 Å². The molecule has 0 saturated carbocycles. The van der Waals surface area contributed by atoms with Crippen molar-refractivity contribution in [3.8, 4) is 5.75 Å². The van der Waals surface area contributed by atoms with E-state index in [1.165, 1.54) is 12.1 Å². The lowest BCUT2D eigenvalue weighted by Gasteiger charge is -2.21. The lowest BCUT2D eigenvalue weighted by molar-refractivity contribution is 0.0524. The Morgan fingerprint density at radius 3 is 2.68 bits per heavy atom. The maximum atomic E-state index is 13.1. The number of amides is 1. The molecule has 1 aromatic rings. The standard InChI is InChI=1S/C13H19FN2O3/c1-13(2,3)19-12(18)16-7-10(15)8-4-5-11(17)9(14)6-8/h4-6,10,17H,7,15H2,1-3H3,(H,16,18). The SMILES string of the molecule is CC(C)(C)OC(=O)NCC(N)c1ccc(O)c(F)c1. The summed E-state index contributed by atoms with van der Waals surface area (Å²) in [6.45, 7) is 5.37. The maximum absolute atomic E-state index is 13.1. The lowest BCUT2D eigenvalue weighted by Crippen LogP contribution is -2.36. The van der Waals surface area contributed by atoms with Crippen LogP contribution >= 0.6 is 0 Å². The van der Waals surface area contributed by atoms with Crippen LogP contribution in [0.4, 0.5) is 9.18 Å². The van der Waals surface area contributed by atoms with E-state index in [4.69, 9.17) is 15.6 Å². The first-order valence-electron chi connectivity index (χ1n) is 5.90. The number of alkyl carbamates (subject to hydrolysis) is 1. The zero-order valence-corrected chi connectivity index (χ0v) is 11.2. The number of carbonyl (C=O) groups is 1. The molecule has 1 atom stereocenters. The van der Waals surface area contributed by atoms with E-state index in [-0.39, 0.29) is 6.54 Å². The fraction of sp³-hybridized carbons (Fsp3) is 0.462. The van der Waals surface area contributed by atoms with Gasteiger partial charge in [-0.15, -0.1) is 0 Å². The second-order valence-corrected chi connectivity index (χ2v) is 5.20. The molecule has 0 spiro atoms. The van der Waals surface area contributed by atoms with Crippen molar-refractivity contribution in [2.24, 2.45) is 5.73 Å². The topological polar surface area (TPSA) is 84.6 Å². The third kappa shape index (κ3) is 5.13. The molecule has 0 bridgehead atoms. The molecular formula is C13H19FN2O3. The van der Waals surface area contributed by atoms with Gasteiger partial charge in [-0.25, -0.2) is 9.18 Å². The summed E-state index contributed by atoms with van der Waals surface area (Å²) in [7, 11) is 0. The molecule has 0 aliphatic carbocycles. The Kier molecular flexibility index (Phi) is 4.72. The highest BCUT2D eigenvalue weighted by Crippen LogP contribution is 2.19. The van der Waals surface area contributed by atoms with Gasteiger partial charge >= 0.3 is 6.09 Å². The van der Waals surface area contributed by atoms with E-state index in [1.54, 1.807) is 20.8 Å². The van der Waals surface area contributed by atoms with Gasteiger partial charge < -0.3 is 20.9 Å². The van der Waals surface area contributed by atoms with Crippen LogP contribution in [0, 0.1) is 5.82 Å². The molecule has 0 fully saturated rings. The van der Waals surface area contributed by atoms with Crippen molar-refractivity contribution in [3.05, 3.63) is 29.6 Å². The molecule has 0 radical (unpaired) electrons. The van der Waals surface area contributed by atoms with E-state index in [2.05, 4.69) is 5.32 Å². The normalized spacial score (nSPS) is 12.9. The van der Waals surface area contributed by atoms with Gasteiger partial charge in [-0.1, -0.05) is 6.07 Å². The molecule has 6 heteroatoms. The van der Waals surface area contributed by atoms with Gasteiger partial charge in [0.05, 0.1) is 0 Å². The van der Waals surface area contributed by atoms with E-state index in [0.717, 1.165) is 6.07 Å². The number of carbonyl (C=O) groups excluding carboxylic acids is 1. The molecule has 5 nitrogen and oxygen atoms in total. The third-order valence-corrected chi connectivity index (χ3v) is 2.27. The van der Waals surface area contributed by atoms with Gasteiger partial charge in [-0.05, 0) is 38.5 Å². The third-order valence-electron chi connectivity index (χ3n) is 2.27. The van der Waals surface area contributed by atoms with Crippen molar-refractivity contribution in [1.82, 2.24) is 5.32 Å². The molecule has 19 heavy (non-hydrogen) atoms. The molecule has 1 rings (SSSR count). The van der Waals surface area contributed by atoms with Gasteiger partial charge in [0, 0.05) is 12.6 Å². The maximum Gasteiger partial charge on any atom is 0.407 e. The Morgan fingerprint density at radius 1 is 1.53 bits per heavy atom. The number of phenolic OH excluding ortho intramolecular Hbond substituents is 1. The fourth-order valence-corrected chi connectivity index (χ4v) is 1.38. The van der Waals surface area contributed by atoms with Crippen molar-refractivity contribution in [2.75, 3.05) is 6.54 Å². The summed E-state index contributed by atoms with van der Waals surface area (Å²) >= 11 is 0. The number of phenols is 1. The number of ether oxygens (including phenoxy) is 1. The number of rotatable bonds is 3. The van der Waals surface area contributed by atoms with Crippen molar-refractivity contribution >= 4 is 6.09 Å². The van der Waals surface area contributed by atoms with E-state index < -0.39 is 29.3 Å². The Labute approximate surface area is 111 Å².